The molecule has 0 atom stereocenters. The first kappa shape index (κ1) is 17.7. The molecule has 0 bridgehead atoms. The molecule has 0 aliphatic rings. The van der Waals surface area contributed by atoms with E-state index in [4.69, 9.17) is 0 Å². The zero-order valence-corrected chi connectivity index (χ0v) is 15.3. The van der Waals surface area contributed by atoms with Gasteiger partial charge in [0.25, 0.3) is 0 Å². The molecule has 1 N–H and O–H groups in total. The van der Waals surface area contributed by atoms with E-state index in [1.54, 1.807) is 12.1 Å². The van der Waals surface area contributed by atoms with Crippen molar-refractivity contribution in [1.29, 1.82) is 0 Å². The van der Waals surface area contributed by atoms with Crippen LogP contribution in [0.4, 0.5) is 0 Å². The van der Waals surface area contributed by atoms with Crippen LogP contribution in [0.5, 0.6) is 0 Å². The molecular formula is C26H20O2. The van der Waals surface area contributed by atoms with Crippen LogP contribution < -0.4 is 0 Å². The fraction of sp³-hybridized carbons (Fsp3) is 0.0385. The van der Waals surface area contributed by atoms with Gasteiger partial charge in [0, 0.05) is 0 Å². The van der Waals surface area contributed by atoms with Crippen LogP contribution >= 0.6 is 0 Å². The maximum atomic E-state index is 11.7. The highest BCUT2D eigenvalue weighted by Crippen LogP contribution is 2.45. The first-order valence-electron chi connectivity index (χ1n) is 9.23. The van der Waals surface area contributed by atoms with Crippen LogP contribution in [0.1, 0.15) is 32.6 Å². The third-order valence-corrected chi connectivity index (χ3v) is 5.16. The van der Waals surface area contributed by atoms with Gasteiger partial charge in [0.1, 0.15) is 0 Å². The normalized spacial score (nSPS) is 11.1. The van der Waals surface area contributed by atoms with Gasteiger partial charge in [-0.3, -0.25) is 0 Å². The van der Waals surface area contributed by atoms with Gasteiger partial charge in [-0.05, 0) is 34.4 Å². The number of hydrogen-bond donors (Lipinski definition) is 1. The lowest BCUT2D eigenvalue weighted by atomic mass is 9.65. The van der Waals surface area contributed by atoms with Gasteiger partial charge < -0.3 is 5.11 Å². The second-order valence-corrected chi connectivity index (χ2v) is 6.73. The average molecular weight is 364 g/mol. The minimum Gasteiger partial charge on any atom is -0.478 e. The zero-order chi connectivity index (χ0) is 19.4. The van der Waals surface area contributed by atoms with E-state index in [9.17, 15) is 9.90 Å². The summed E-state index contributed by atoms with van der Waals surface area (Å²) in [7, 11) is 0. The molecule has 2 heteroatoms. The minimum atomic E-state index is -0.926. The van der Waals surface area contributed by atoms with Crippen molar-refractivity contribution in [2.45, 2.75) is 5.41 Å². The van der Waals surface area contributed by atoms with E-state index < -0.39 is 11.4 Å². The van der Waals surface area contributed by atoms with Crippen LogP contribution in [0.3, 0.4) is 0 Å². The van der Waals surface area contributed by atoms with E-state index in [1.807, 2.05) is 66.7 Å². The van der Waals surface area contributed by atoms with E-state index in [1.165, 1.54) is 0 Å². The molecule has 0 radical (unpaired) electrons. The molecule has 0 amide bonds. The Morgan fingerprint density at radius 1 is 0.536 bits per heavy atom. The van der Waals surface area contributed by atoms with Crippen LogP contribution in [0.15, 0.2) is 115 Å². The van der Waals surface area contributed by atoms with Crippen molar-refractivity contribution in [3.05, 3.63) is 143 Å². The molecule has 4 rings (SSSR count). The number of benzene rings is 4. The zero-order valence-electron chi connectivity index (χ0n) is 15.3. The van der Waals surface area contributed by atoms with Gasteiger partial charge in [0.15, 0.2) is 0 Å². The Morgan fingerprint density at radius 2 is 0.929 bits per heavy atom. The molecule has 0 aromatic heterocycles. The van der Waals surface area contributed by atoms with E-state index in [0.29, 0.717) is 0 Å². The van der Waals surface area contributed by atoms with E-state index in [0.717, 1.165) is 22.3 Å². The molecule has 0 unspecified atom stereocenters. The van der Waals surface area contributed by atoms with Crippen LogP contribution in [0.25, 0.3) is 0 Å². The number of aromatic carboxylic acids is 1. The van der Waals surface area contributed by atoms with E-state index in [2.05, 4.69) is 36.4 Å². The Balaban J connectivity index is 2.13. The third-order valence-electron chi connectivity index (χ3n) is 5.16. The molecule has 0 saturated heterocycles. The Labute approximate surface area is 164 Å². The smallest absolute Gasteiger partial charge is 0.335 e. The molecule has 0 aliphatic heterocycles. The lowest BCUT2D eigenvalue weighted by Crippen LogP contribution is -2.31. The molecule has 28 heavy (non-hydrogen) atoms. The van der Waals surface area contributed by atoms with Crippen LogP contribution in [-0.2, 0) is 5.41 Å². The first-order chi connectivity index (χ1) is 13.7. The van der Waals surface area contributed by atoms with Gasteiger partial charge in [-0.2, -0.15) is 0 Å². The topological polar surface area (TPSA) is 37.3 Å². The predicted octanol–water partition coefficient (Wildman–Crippen LogP) is 5.77. The Morgan fingerprint density at radius 3 is 1.32 bits per heavy atom. The van der Waals surface area contributed by atoms with Gasteiger partial charge in [-0.1, -0.05) is 103 Å². The fourth-order valence-electron chi connectivity index (χ4n) is 3.95. The van der Waals surface area contributed by atoms with Gasteiger partial charge in [-0.25, -0.2) is 4.79 Å². The molecule has 0 aliphatic carbocycles. The maximum Gasteiger partial charge on any atom is 0.335 e. The van der Waals surface area contributed by atoms with E-state index >= 15 is 0 Å². The third kappa shape index (κ3) is 2.99. The highest BCUT2D eigenvalue weighted by Gasteiger charge is 2.38. The van der Waals surface area contributed by atoms with Crippen molar-refractivity contribution >= 4 is 5.97 Å². The van der Waals surface area contributed by atoms with Crippen molar-refractivity contribution in [2.75, 3.05) is 0 Å². The molecule has 0 fully saturated rings. The maximum absolute atomic E-state index is 11.7. The summed E-state index contributed by atoms with van der Waals surface area (Å²) in [6.45, 7) is 0. The summed E-state index contributed by atoms with van der Waals surface area (Å²) in [6, 6.07) is 38.0. The van der Waals surface area contributed by atoms with Gasteiger partial charge >= 0.3 is 5.97 Å². The fourth-order valence-corrected chi connectivity index (χ4v) is 3.95. The molecule has 0 spiro atoms. The summed E-state index contributed by atoms with van der Waals surface area (Å²) in [5.41, 5.74) is 3.87. The Kier molecular flexibility index (Phi) is 4.77. The van der Waals surface area contributed by atoms with Crippen molar-refractivity contribution in [2.24, 2.45) is 0 Å². The quantitative estimate of drug-likeness (QED) is 0.457. The summed E-state index contributed by atoms with van der Waals surface area (Å²) >= 11 is 0. The van der Waals surface area contributed by atoms with Gasteiger partial charge in [0.05, 0.1) is 11.0 Å². The predicted molar refractivity (Wildman–Crippen MR) is 112 cm³/mol. The summed E-state index contributed by atoms with van der Waals surface area (Å²) in [4.78, 5) is 11.7. The number of carbonyl (C=O) groups is 1. The summed E-state index contributed by atoms with van der Waals surface area (Å²) in [6.07, 6.45) is 0. The van der Waals surface area contributed by atoms with Crippen molar-refractivity contribution < 1.29 is 9.90 Å². The second-order valence-electron chi connectivity index (χ2n) is 6.73. The number of hydrogen-bond acceptors (Lipinski definition) is 1. The summed E-state index contributed by atoms with van der Waals surface area (Å²) in [5, 5.41) is 9.59. The van der Waals surface area contributed by atoms with Crippen LogP contribution in [-0.4, -0.2) is 11.1 Å². The lowest BCUT2D eigenvalue weighted by molar-refractivity contribution is 0.0696. The lowest BCUT2D eigenvalue weighted by Gasteiger charge is -2.37. The van der Waals surface area contributed by atoms with E-state index in [-0.39, 0.29) is 5.56 Å². The molecule has 4 aromatic carbocycles. The molecule has 4 aromatic rings. The molecule has 2 nitrogen and oxygen atoms in total. The first-order valence-corrected chi connectivity index (χ1v) is 9.23. The standard InChI is InChI=1S/C26H20O2/c27-25(28)20-11-10-18-24(19-20)26(21-12-4-1-5-13-21,22-14-6-2-7-15-22)23-16-8-3-9-17-23/h1-19H,(H,27,28). The number of carboxylic acid groups (broad SMARTS) is 1. The summed E-state index contributed by atoms with van der Waals surface area (Å²) < 4.78 is 0. The monoisotopic (exact) mass is 364 g/mol. The SMILES string of the molecule is O=C(O)c1cccc(C(c2ccccc2)(c2ccccc2)c2ccccc2)c1. The molecular weight excluding hydrogens is 344 g/mol. The number of carboxylic acids is 1. The minimum absolute atomic E-state index is 0.282. The molecule has 0 saturated carbocycles. The van der Waals surface area contributed by atoms with Gasteiger partial charge in [0.2, 0.25) is 0 Å². The molecule has 0 heterocycles. The van der Waals surface area contributed by atoms with Crippen LogP contribution in [0, 0.1) is 0 Å². The van der Waals surface area contributed by atoms with Crippen molar-refractivity contribution in [1.82, 2.24) is 0 Å². The largest absolute Gasteiger partial charge is 0.478 e. The number of rotatable bonds is 5. The highest BCUT2D eigenvalue weighted by molar-refractivity contribution is 5.88. The van der Waals surface area contributed by atoms with Crippen molar-refractivity contribution in [3.63, 3.8) is 0 Å². The Hall–Kier alpha value is -3.65. The molecule has 136 valence electrons. The summed E-state index contributed by atoms with van der Waals surface area (Å²) in [5.74, 6) is -0.926. The van der Waals surface area contributed by atoms with Crippen LogP contribution in [0.2, 0.25) is 0 Å². The second kappa shape index (κ2) is 7.53. The van der Waals surface area contributed by atoms with Gasteiger partial charge in [-0.15, -0.1) is 0 Å². The van der Waals surface area contributed by atoms with Crippen molar-refractivity contribution in [3.8, 4) is 0 Å². The highest BCUT2D eigenvalue weighted by atomic mass is 16.4. The Bertz CT molecular complexity index is 974. The average Bonchev–Trinajstić information content (AvgIpc) is 2.77.